The summed E-state index contributed by atoms with van der Waals surface area (Å²) in [6, 6.07) is 0.131. The van der Waals surface area contributed by atoms with Gasteiger partial charge in [-0.25, -0.2) is 18.4 Å². The van der Waals surface area contributed by atoms with Crippen LogP contribution in [0, 0.1) is 0 Å². The Labute approximate surface area is 100 Å². The SMILES string of the molecule is COc1cnc(NC2CCS(=O)(=O)CC2)nc1. The van der Waals surface area contributed by atoms with Gasteiger partial charge in [-0.15, -0.1) is 0 Å². The first-order chi connectivity index (χ1) is 8.09. The Kier molecular flexibility index (Phi) is 3.46. The highest BCUT2D eigenvalue weighted by Crippen LogP contribution is 2.16. The van der Waals surface area contributed by atoms with Gasteiger partial charge < -0.3 is 10.1 Å². The lowest BCUT2D eigenvalue weighted by atomic mass is 10.2. The van der Waals surface area contributed by atoms with Gasteiger partial charge in [0.1, 0.15) is 9.84 Å². The van der Waals surface area contributed by atoms with Crippen LogP contribution in [0.4, 0.5) is 5.95 Å². The second-order valence-electron chi connectivity index (χ2n) is 4.02. The highest BCUT2D eigenvalue weighted by atomic mass is 32.2. The third-order valence-electron chi connectivity index (χ3n) is 2.75. The van der Waals surface area contributed by atoms with Crippen LogP contribution >= 0.6 is 0 Å². The summed E-state index contributed by atoms with van der Waals surface area (Å²) in [5, 5.41) is 3.13. The van der Waals surface area contributed by atoms with Crippen LogP contribution in [-0.2, 0) is 9.84 Å². The van der Waals surface area contributed by atoms with Crippen LogP contribution in [0.1, 0.15) is 12.8 Å². The van der Waals surface area contributed by atoms with E-state index in [1.165, 1.54) is 0 Å². The number of nitrogens with zero attached hydrogens (tertiary/aromatic N) is 2. The normalized spacial score (nSPS) is 19.8. The fourth-order valence-electron chi connectivity index (χ4n) is 1.71. The first-order valence-corrected chi connectivity index (χ1v) is 7.24. The second kappa shape index (κ2) is 4.87. The Hall–Kier alpha value is -1.37. The summed E-state index contributed by atoms with van der Waals surface area (Å²) in [6.07, 6.45) is 4.37. The summed E-state index contributed by atoms with van der Waals surface area (Å²) >= 11 is 0. The Morgan fingerprint density at radius 2 is 1.88 bits per heavy atom. The Morgan fingerprint density at radius 1 is 1.29 bits per heavy atom. The lowest BCUT2D eigenvalue weighted by molar-refractivity contribution is 0.411. The number of hydrogen-bond acceptors (Lipinski definition) is 6. The zero-order valence-corrected chi connectivity index (χ0v) is 10.4. The molecule has 1 aromatic rings. The number of aromatic nitrogens is 2. The van der Waals surface area contributed by atoms with Crippen LogP contribution in [0.2, 0.25) is 0 Å². The predicted octanol–water partition coefficient (Wildman–Crippen LogP) is 0.474. The summed E-state index contributed by atoms with van der Waals surface area (Å²) in [6.45, 7) is 0. The maximum Gasteiger partial charge on any atom is 0.223 e. The Bertz CT molecular complexity index is 458. The minimum absolute atomic E-state index is 0.131. The third-order valence-corrected chi connectivity index (χ3v) is 4.47. The predicted molar refractivity (Wildman–Crippen MR) is 63.9 cm³/mol. The number of rotatable bonds is 3. The first-order valence-electron chi connectivity index (χ1n) is 5.42. The monoisotopic (exact) mass is 257 g/mol. The van der Waals surface area contributed by atoms with Crippen LogP contribution in [0.25, 0.3) is 0 Å². The van der Waals surface area contributed by atoms with E-state index in [0.717, 1.165) is 0 Å². The number of methoxy groups -OCH3 is 1. The summed E-state index contributed by atoms with van der Waals surface area (Å²) in [7, 11) is -1.27. The van der Waals surface area contributed by atoms with Crippen molar-refractivity contribution < 1.29 is 13.2 Å². The molecule has 0 bridgehead atoms. The van der Waals surface area contributed by atoms with Crippen LogP contribution in [0.5, 0.6) is 5.75 Å². The molecule has 1 aromatic heterocycles. The molecular formula is C10H15N3O3S. The molecule has 7 heteroatoms. The summed E-state index contributed by atoms with van der Waals surface area (Å²) in [5.74, 6) is 1.58. The maximum absolute atomic E-state index is 11.3. The zero-order valence-electron chi connectivity index (χ0n) is 9.59. The number of nitrogens with one attached hydrogen (secondary N) is 1. The largest absolute Gasteiger partial charge is 0.494 e. The van der Waals surface area contributed by atoms with Gasteiger partial charge in [-0.2, -0.15) is 0 Å². The Balaban J connectivity index is 1.93. The lowest BCUT2D eigenvalue weighted by Crippen LogP contribution is -2.32. The van der Waals surface area contributed by atoms with Crippen molar-refractivity contribution in [3.63, 3.8) is 0 Å². The molecular weight excluding hydrogens is 242 g/mol. The molecule has 0 amide bonds. The second-order valence-corrected chi connectivity index (χ2v) is 6.32. The van der Waals surface area contributed by atoms with E-state index in [2.05, 4.69) is 15.3 Å². The average Bonchev–Trinajstić information content (AvgIpc) is 2.33. The van der Waals surface area contributed by atoms with Crippen molar-refractivity contribution in [2.75, 3.05) is 23.9 Å². The van der Waals surface area contributed by atoms with E-state index in [1.807, 2.05) is 0 Å². The molecule has 1 N–H and O–H groups in total. The van der Waals surface area contributed by atoms with E-state index >= 15 is 0 Å². The van der Waals surface area contributed by atoms with Crippen molar-refractivity contribution in [1.29, 1.82) is 0 Å². The molecule has 0 atom stereocenters. The fraction of sp³-hybridized carbons (Fsp3) is 0.600. The van der Waals surface area contributed by atoms with E-state index in [9.17, 15) is 8.42 Å². The van der Waals surface area contributed by atoms with Crippen molar-refractivity contribution in [2.24, 2.45) is 0 Å². The van der Waals surface area contributed by atoms with Gasteiger partial charge in [-0.1, -0.05) is 0 Å². The smallest absolute Gasteiger partial charge is 0.223 e. The van der Waals surface area contributed by atoms with Gasteiger partial charge in [0.15, 0.2) is 5.75 Å². The summed E-state index contributed by atoms with van der Waals surface area (Å²) in [5.41, 5.74) is 0. The van der Waals surface area contributed by atoms with E-state index in [4.69, 9.17) is 4.74 Å². The summed E-state index contributed by atoms with van der Waals surface area (Å²) in [4.78, 5) is 8.17. The molecule has 1 saturated heterocycles. The van der Waals surface area contributed by atoms with Crippen molar-refractivity contribution in [3.8, 4) is 5.75 Å². The van der Waals surface area contributed by atoms with Gasteiger partial charge in [0.05, 0.1) is 31.0 Å². The van der Waals surface area contributed by atoms with Crippen molar-refractivity contribution in [2.45, 2.75) is 18.9 Å². The van der Waals surface area contributed by atoms with Crippen LogP contribution in [0.3, 0.4) is 0 Å². The molecule has 1 fully saturated rings. The molecule has 0 radical (unpaired) electrons. The van der Waals surface area contributed by atoms with Gasteiger partial charge in [0, 0.05) is 6.04 Å². The number of ether oxygens (including phenoxy) is 1. The van der Waals surface area contributed by atoms with E-state index in [0.29, 0.717) is 24.5 Å². The topological polar surface area (TPSA) is 81.2 Å². The molecule has 2 rings (SSSR count). The maximum atomic E-state index is 11.3. The van der Waals surface area contributed by atoms with Gasteiger partial charge in [-0.05, 0) is 12.8 Å². The molecule has 0 aromatic carbocycles. The molecule has 17 heavy (non-hydrogen) atoms. The molecule has 0 aliphatic carbocycles. The number of hydrogen-bond donors (Lipinski definition) is 1. The van der Waals surface area contributed by atoms with E-state index in [-0.39, 0.29) is 17.5 Å². The fourth-order valence-corrected chi connectivity index (χ4v) is 3.20. The standard InChI is InChI=1S/C10H15N3O3S/c1-16-9-6-11-10(12-7-9)13-8-2-4-17(14,15)5-3-8/h6-8H,2-5H2,1H3,(H,11,12,13). The van der Waals surface area contributed by atoms with Crippen LogP contribution in [0.15, 0.2) is 12.4 Å². The lowest BCUT2D eigenvalue weighted by Gasteiger charge is -2.22. The van der Waals surface area contributed by atoms with Crippen LogP contribution < -0.4 is 10.1 Å². The van der Waals surface area contributed by atoms with E-state index in [1.54, 1.807) is 19.5 Å². The van der Waals surface area contributed by atoms with Gasteiger partial charge in [0.25, 0.3) is 0 Å². The van der Waals surface area contributed by atoms with Crippen molar-refractivity contribution >= 4 is 15.8 Å². The first kappa shape index (κ1) is 12.1. The molecule has 0 unspecified atom stereocenters. The minimum atomic E-state index is -2.82. The third kappa shape index (κ3) is 3.29. The molecule has 2 heterocycles. The average molecular weight is 257 g/mol. The van der Waals surface area contributed by atoms with Crippen molar-refractivity contribution in [1.82, 2.24) is 9.97 Å². The molecule has 0 spiro atoms. The number of sulfone groups is 1. The molecule has 94 valence electrons. The molecule has 0 saturated carbocycles. The van der Waals surface area contributed by atoms with Crippen LogP contribution in [-0.4, -0.2) is 43.0 Å². The molecule has 1 aliphatic heterocycles. The van der Waals surface area contributed by atoms with Gasteiger partial charge >= 0.3 is 0 Å². The highest BCUT2D eigenvalue weighted by molar-refractivity contribution is 7.91. The number of anilines is 1. The van der Waals surface area contributed by atoms with Gasteiger partial charge in [-0.3, -0.25) is 0 Å². The molecule has 6 nitrogen and oxygen atoms in total. The van der Waals surface area contributed by atoms with E-state index < -0.39 is 9.84 Å². The zero-order chi connectivity index (χ0) is 12.3. The van der Waals surface area contributed by atoms with Crippen molar-refractivity contribution in [3.05, 3.63) is 12.4 Å². The Morgan fingerprint density at radius 3 is 2.41 bits per heavy atom. The summed E-state index contributed by atoms with van der Waals surface area (Å²) < 4.78 is 27.5. The quantitative estimate of drug-likeness (QED) is 0.848. The minimum Gasteiger partial charge on any atom is -0.494 e. The highest BCUT2D eigenvalue weighted by Gasteiger charge is 2.23. The molecule has 1 aliphatic rings. The van der Waals surface area contributed by atoms with Gasteiger partial charge in [0.2, 0.25) is 5.95 Å².